The van der Waals surface area contributed by atoms with E-state index in [1.165, 1.54) is 12.1 Å². The third kappa shape index (κ3) is 3.16. The number of benzene rings is 2. The van der Waals surface area contributed by atoms with E-state index in [1.54, 1.807) is 39.0 Å². The van der Waals surface area contributed by atoms with Crippen LogP contribution >= 0.6 is 0 Å². The number of nitrogens with two attached hydrogens (primary N) is 1. The van der Waals surface area contributed by atoms with Gasteiger partial charge in [0, 0.05) is 5.69 Å². The highest BCUT2D eigenvalue weighted by molar-refractivity contribution is 7.92. The summed E-state index contributed by atoms with van der Waals surface area (Å²) in [5.41, 5.74) is 8.12. The first kappa shape index (κ1) is 15.3. The number of nitrogens with one attached hydrogen (secondary N) is 1. The van der Waals surface area contributed by atoms with Crippen molar-refractivity contribution < 1.29 is 12.8 Å². The van der Waals surface area contributed by atoms with Gasteiger partial charge in [0.15, 0.2) is 0 Å². The van der Waals surface area contributed by atoms with E-state index in [9.17, 15) is 12.8 Å². The Morgan fingerprint density at radius 2 is 1.57 bits per heavy atom. The summed E-state index contributed by atoms with van der Waals surface area (Å²) >= 11 is 0. The van der Waals surface area contributed by atoms with Crippen LogP contribution in [0, 0.1) is 26.6 Å². The average Bonchev–Trinajstić information content (AvgIpc) is 2.30. The Morgan fingerprint density at radius 1 is 1.00 bits per heavy atom. The lowest BCUT2D eigenvalue weighted by Gasteiger charge is -2.14. The first-order chi connectivity index (χ1) is 9.70. The van der Waals surface area contributed by atoms with Gasteiger partial charge in [0.25, 0.3) is 10.0 Å². The Bertz CT molecular complexity index is 778. The van der Waals surface area contributed by atoms with Crippen LogP contribution in [0.5, 0.6) is 0 Å². The van der Waals surface area contributed by atoms with E-state index in [-0.39, 0.29) is 4.90 Å². The Labute approximate surface area is 123 Å². The summed E-state index contributed by atoms with van der Waals surface area (Å²) in [4.78, 5) is 0.0973. The third-order valence-corrected chi connectivity index (χ3v) is 4.86. The number of hydrogen-bond acceptors (Lipinski definition) is 3. The van der Waals surface area contributed by atoms with E-state index in [0.29, 0.717) is 22.5 Å². The highest BCUT2D eigenvalue weighted by Gasteiger charge is 2.21. The normalized spacial score (nSPS) is 11.4. The minimum Gasteiger partial charge on any atom is -0.399 e. The molecule has 0 aliphatic heterocycles. The Kier molecular flexibility index (Phi) is 3.91. The van der Waals surface area contributed by atoms with Gasteiger partial charge in [-0.05, 0) is 67.8 Å². The molecule has 0 bridgehead atoms. The van der Waals surface area contributed by atoms with Crippen LogP contribution < -0.4 is 10.5 Å². The molecule has 2 aromatic rings. The predicted molar refractivity (Wildman–Crippen MR) is 82.3 cm³/mol. The maximum atomic E-state index is 13.3. The standard InChI is InChI=1S/C15H17FN2O2S/c1-9-8-13(17)4-5-14(9)18-21(19,20)15-10(2)6-12(16)7-11(15)3/h4-8,18H,17H2,1-3H3. The predicted octanol–water partition coefficient (Wildman–Crippen LogP) is 3.13. The van der Waals surface area contributed by atoms with Gasteiger partial charge in [-0.25, -0.2) is 12.8 Å². The van der Waals surface area contributed by atoms with Crippen molar-refractivity contribution in [1.82, 2.24) is 0 Å². The van der Waals surface area contributed by atoms with Gasteiger partial charge in [0.2, 0.25) is 0 Å². The average molecular weight is 308 g/mol. The first-order valence-electron chi connectivity index (χ1n) is 6.36. The van der Waals surface area contributed by atoms with Crippen molar-refractivity contribution in [3.05, 3.63) is 52.8 Å². The molecular formula is C15H17FN2O2S. The highest BCUT2D eigenvalue weighted by atomic mass is 32.2. The number of nitrogen functional groups attached to an aromatic ring is 1. The van der Waals surface area contributed by atoms with Gasteiger partial charge in [-0.2, -0.15) is 0 Å². The minimum absolute atomic E-state index is 0.0973. The van der Waals surface area contributed by atoms with Gasteiger partial charge in [-0.3, -0.25) is 4.72 Å². The maximum absolute atomic E-state index is 13.3. The van der Waals surface area contributed by atoms with E-state index in [0.717, 1.165) is 5.56 Å². The molecule has 0 unspecified atom stereocenters. The SMILES string of the molecule is Cc1cc(N)ccc1NS(=O)(=O)c1c(C)cc(F)cc1C. The second-order valence-corrected chi connectivity index (χ2v) is 6.67. The second kappa shape index (κ2) is 5.37. The number of sulfonamides is 1. The molecule has 4 nitrogen and oxygen atoms in total. The first-order valence-corrected chi connectivity index (χ1v) is 7.85. The Morgan fingerprint density at radius 3 is 2.10 bits per heavy atom. The number of aryl methyl sites for hydroxylation is 3. The van der Waals surface area contributed by atoms with Crippen molar-refractivity contribution in [2.45, 2.75) is 25.7 Å². The van der Waals surface area contributed by atoms with Crippen LogP contribution in [-0.4, -0.2) is 8.42 Å². The van der Waals surface area contributed by atoms with Crippen LogP contribution in [0.3, 0.4) is 0 Å². The molecule has 0 saturated heterocycles. The zero-order valence-corrected chi connectivity index (χ0v) is 12.9. The lowest BCUT2D eigenvalue weighted by Crippen LogP contribution is -2.16. The summed E-state index contributed by atoms with van der Waals surface area (Å²) in [7, 11) is -3.78. The maximum Gasteiger partial charge on any atom is 0.262 e. The summed E-state index contributed by atoms with van der Waals surface area (Å²) in [6, 6.07) is 7.32. The number of halogens is 1. The molecule has 0 heterocycles. The van der Waals surface area contributed by atoms with Crippen molar-refractivity contribution in [1.29, 1.82) is 0 Å². The van der Waals surface area contributed by atoms with Crippen molar-refractivity contribution in [3.63, 3.8) is 0 Å². The second-order valence-electron chi connectivity index (χ2n) is 5.05. The molecule has 112 valence electrons. The fraction of sp³-hybridized carbons (Fsp3) is 0.200. The summed E-state index contributed by atoms with van der Waals surface area (Å²) < 4.78 is 40.9. The molecule has 0 aromatic heterocycles. The topological polar surface area (TPSA) is 72.2 Å². The minimum atomic E-state index is -3.78. The van der Waals surface area contributed by atoms with E-state index >= 15 is 0 Å². The molecule has 0 aliphatic carbocycles. The monoisotopic (exact) mass is 308 g/mol. The fourth-order valence-electron chi connectivity index (χ4n) is 2.32. The molecular weight excluding hydrogens is 291 g/mol. The molecule has 0 fully saturated rings. The molecule has 0 saturated carbocycles. The number of hydrogen-bond donors (Lipinski definition) is 2. The van der Waals surface area contributed by atoms with Crippen molar-refractivity contribution >= 4 is 21.4 Å². The quantitative estimate of drug-likeness (QED) is 0.856. The lowest BCUT2D eigenvalue weighted by atomic mass is 10.1. The largest absolute Gasteiger partial charge is 0.399 e. The van der Waals surface area contributed by atoms with Gasteiger partial charge in [0.1, 0.15) is 5.82 Å². The molecule has 3 N–H and O–H groups in total. The van der Waals surface area contributed by atoms with E-state index in [1.807, 2.05) is 0 Å². The van der Waals surface area contributed by atoms with Crippen molar-refractivity contribution in [2.24, 2.45) is 0 Å². The Balaban J connectivity index is 2.48. The molecule has 0 atom stereocenters. The summed E-state index contributed by atoms with van der Waals surface area (Å²) in [6.45, 7) is 4.90. The van der Waals surface area contributed by atoms with Gasteiger partial charge in [-0.1, -0.05) is 0 Å². The van der Waals surface area contributed by atoms with Crippen LogP contribution in [-0.2, 0) is 10.0 Å². The molecule has 0 amide bonds. The Hall–Kier alpha value is -2.08. The van der Waals surface area contributed by atoms with E-state index in [2.05, 4.69) is 4.72 Å². The third-order valence-electron chi connectivity index (χ3n) is 3.19. The molecule has 0 aliphatic rings. The molecule has 2 aromatic carbocycles. The van der Waals surface area contributed by atoms with Crippen LogP contribution in [0.1, 0.15) is 16.7 Å². The number of rotatable bonds is 3. The van der Waals surface area contributed by atoms with Crippen molar-refractivity contribution in [3.8, 4) is 0 Å². The highest BCUT2D eigenvalue weighted by Crippen LogP contribution is 2.26. The lowest BCUT2D eigenvalue weighted by molar-refractivity contribution is 0.597. The molecule has 0 spiro atoms. The molecule has 2 rings (SSSR count). The summed E-state index contributed by atoms with van der Waals surface area (Å²) in [5, 5.41) is 0. The van der Waals surface area contributed by atoms with Gasteiger partial charge < -0.3 is 5.73 Å². The van der Waals surface area contributed by atoms with E-state index in [4.69, 9.17) is 5.73 Å². The fourth-order valence-corrected chi connectivity index (χ4v) is 3.90. The number of anilines is 2. The summed E-state index contributed by atoms with van der Waals surface area (Å²) in [5.74, 6) is -0.451. The molecule has 6 heteroatoms. The van der Waals surface area contributed by atoms with Crippen LogP contribution in [0.15, 0.2) is 35.2 Å². The van der Waals surface area contributed by atoms with Crippen LogP contribution in [0.4, 0.5) is 15.8 Å². The van der Waals surface area contributed by atoms with E-state index < -0.39 is 15.8 Å². The van der Waals surface area contributed by atoms with Gasteiger partial charge >= 0.3 is 0 Å². The van der Waals surface area contributed by atoms with Crippen LogP contribution in [0.2, 0.25) is 0 Å². The van der Waals surface area contributed by atoms with Crippen LogP contribution in [0.25, 0.3) is 0 Å². The molecule has 0 radical (unpaired) electrons. The zero-order valence-electron chi connectivity index (χ0n) is 12.1. The van der Waals surface area contributed by atoms with Gasteiger partial charge in [-0.15, -0.1) is 0 Å². The van der Waals surface area contributed by atoms with Crippen molar-refractivity contribution in [2.75, 3.05) is 10.5 Å². The summed E-state index contributed by atoms with van der Waals surface area (Å²) in [6.07, 6.45) is 0. The van der Waals surface area contributed by atoms with Gasteiger partial charge in [0.05, 0.1) is 10.6 Å². The zero-order chi connectivity index (χ0) is 15.8. The smallest absolute Gasteiger partial charge is 0.262 e. The molecule has 21 heavy (non-hydrogen) atoms.